The van der Waals surface area contributed by atoms with Gasteiger partial charge in [-0.25, -0.2) is 4.98 Å². The lowest BCUT2D eigenvalue weighted by molar-refractivity contribution is -0.274. The standard InChI is InChI=1S/C18H17ClF3N3O4/c1-2-16(26)25-15-9-11(5-6-23-15)17(27)24-7-8-28-14-4-3-12(10-13(14)19)29-18(20,21)22/h3-6,9-10H,2,7-8H2,1H3,(H,24,27)(H,23,25,26). The Kier molecular flexibility index (Phi) is 7.66. The van der Waals surface area contributed by atoms with Crippen molar-refractivity contribution in [1.29, 1.82) is 0 Å². The molecule has 0 spiro atoms. The maximum absolute atomic E-state index is 12.2. The highest BCUT2D eigenvalue weighted by Crippen LogP contribution is 2.31. The van der Waals surface area contributed by atoms with Crippen LogP contribution in [0.1, 0.15) is 23.7 Å². The largest absolute Gasteiger partial charge is 0.573 e. The minimum absolute atomic E-state index is 0.0233. The predicted octanol–water partition coefficient (Wildman–Crippen LogP) is 3.79. The molecular formula is C18H17ClF3N3O4. The van der Waals surface area contributed by atoms with Crippen LogP contribution in [0, 0.1) is 0 Å². The number of alkyl halides is 3. The van der Waals surface area contributed by atoms with Gasteiger partial charge in [0.05, 0.1) is 11.6 Å². The van der Waals surface area contributed by atoms with Crippen LogP contribution in [0.3, 0.4) is 0 Å². The van der Waals surface area contributed by atoms with Crippen LogP contribution in [0.2, 0.25) is 5.02 Å². The third-order valence-corrected chi connectivity index (χ3v) is 3.69. The number of hydrogen-bond donors (Lipinski definition) is 2. The molecule has 2 aromatic rings. The molecule has 2 N–H and O–H groups in total. The Bertz CT molecular complexity index is 878. The quantitative estimate of drug-likeness (QED) is 0.621. The molecule has 0 unspecified atom stereocenters. The van der Waals surface area contributed by atoms with Gasteiger partial charge < -0.3 is 20.1 Å². The third kappa shape index (κ3) is 7.49. The average Bonchev–Trinajstić information content (AvgIpc) is 2.65. The fourth-order valence-corrected chi connectivity index (χ4v) is 2.32. The Labute approximate surface area is 169 Å². The first-order chi connectivity index (χ1) is 13.7. The van der Waals surface area contributed by atoms with Gasteiger partial charge in [0.2, 0.25) is 5.91 Å². The van der Waals surface area contributed by atoms with E-state index in [1.54, 1.807) is 6.92 Å². The highest BCUT2D eigenvalue weighted by molar-refractivity contribution is 6.32. The van der Waals surface area contributed by atoms with Crippen LogP contribution in [0.5, 0.6) is 11.5 Å². The van der Waals surface area contributed by atoms with Crippen molar-refractivity contribution in [2.24, 2.45) is 0 Å². The molecule has 0 saturated carbocycles. The van der Waals surface area contributed by atoms with E-state index in [1.165, 1.54) is 24.4 Å². The Morgan fingerprint density at radius 1 is 1.21 bits per heavy atom. The van der Waals surface area contributed by atoms with E-state index in [4.69, 9.17) is 16.3 Å². The molecular weight excluding hydrogens is 415 g/mol. The Balaban J connectivity index is 1.84. The molecule has 0 aliphatic rings. The summed E-state index contributed by atoms with van der Waals surface area (Å²) in [7, 11) is 0. The van der Waals surface area contributed by atoms with Crippen molar-refractivity contribution in [2.75, 3.05) is 18.5 Å². The maximum atomic E-state index is 12.2. The first-order valence-corrected chi connectivity index (χ1v) is 8.78. The lowest BCUT2D eigenvalue weighted by Gasteiger charge is -2.12. The zero-order chi connectivity index (χ0) is 21.4. The predicted molar refractivity (Wildman–Crippen MR) is 99.1 cm³/mol. The molecule has 7 nitrogen and oxygen atoms in total. The van der Waals surface area contributed by atoms with E-state index in [0.29, 0.717) is 0 Å². The first-order valence-electron chi connectivity index (χ1n) is 8.40. The topological polar surface area (TPSA) is 89.6 Å². The zero-order valence-electron chi connectivity index (χ0n) is 15.2. The van der Waals surface area contributed by atoms with Gasteiger partial charge in [-0.05, 0) is 24.3 Å². The monoisotopic (exact) mass is 431 g/mol. The molecule has 29 heavy (non-hydrogen) atoms. The molecule has 1 aromatic carbocycles. The van der Waals surface area contributed by atoms with E-state index in [2.05, 4.69) is 20.4 Å². The van der Waals surface area contributed by atoms with E-state index < -0.39 is 18.0 Å². The normalized spacial score (nSPS) is 10.9. The molecule has 0 fully saturated rings. The molecule has 0 atom stereocenters. The summed E-state index contributed by atoms with van der Waals surface area (Å²) in [6.07, 6.45) is -3.15. The SMILES string of the molecule is CCC(=O)Nc1cc(C(=O)NCCOc2ccc(OC(F)(F)F)cc2Cl)ccn1. The van der Waals surface area contributed by atoms with E-state index >= 15 is 0 Å². The van der Waals surface area contributed by atoms with Gasteiger partial charge in [0.1, 0.15) is 23.9 Å². The summed E-state index contributed by atoms with van der Waals surface area (Å²) in [5.74, 6) is -0.709. The van der Waals surface area contributed by atoms with Crippen molar-refractivity contribution in [3.63, 3.8) is 0 Å². The highest BCUT2D eigenvalue weighted by Gasteiger charge is 2.31. The van der Waals surface area contributed by atoms with Crippen molar-refractivity contribution in [3.05, 3.63) is 47.1 Å². The van der Waals surface area contributed by atoms with Crippen LogP contribution in [0.15, 0.2) is 36.5 Å². The van der Waals surface area contributed by atoms with Crippen LogP contribution in [-0.2, 0) is 4.79 Å². The Morgan fingerprint density at radius 2 is 1.97 bits per heavy atom. The number of hydrogen-bond acceptors (Lipinski definition) is 5. The van der Waals surface area contributed by atoms with Gasteiger partial charge in [-0.2, -0.15) is 0 Å². The molecule has 0 aliphatic heterocycles. The van der Waals surface area contributed by atoms with Gasteiger partial charge in [0.25, 0.3) is 5.91 Å². The summed E-state index contributed by atoms with van der Waals surface area (Å²) in [6, 6.07) is 6.19. The molecule has 2 amide bonds. The van der Waals surface area contributed by atoms with Gasteiger partial charge >= 0.3 is 6.36 Å². The summed E-state index contributed by atoms with van der Waals surface area (Å²) in [6.45, 7) is 1.82. The number of nitrogens with zero attached hydrogens (tertiary/aromatic N) is 1. The minimum Gasteiger partial charge on any atom is -0.490 e. The van der Waals surface area contributed by atoms with Crippen molar-refractivity contribution < 1.29 is 32.2 Å². The number of nitrogens with one attached hydrogen (secondary N) is 2. The van der Waals surface area contributed by atoms with Crippen molar-refractivity contribution >= 4 is 29.2 Å². The molecule has 1 aromatic heterocycles. The number of halogens is 4. The van der Waals surface area contributed by atoms with E-state index in [0.717, 1.165) is 12.1 Å². The summed E-state index contributed by atoms with van der Waals surface area (Å²) >= 11 is 5.87. The Hall–Kier alpha value is -3.01. The second kappa shape index (κ2) is 9.97. The van der Waals surface area contributed by atoms with Crippen molar-refractivity contribution in [2.45, 2.75) is 19.7 Å². The van der Waals surface area contributed by atoms with Crippen LogP contribution in [0.4, 0.5) is 19.0 Å². The van der Waals surface area contributed by atoms with Crippen LogP contribution in [-0.4, -0.2) is 36.3 Å². The summed E-state index contributed by atoms with van der Waals surface area (Å²) < 4.78 is 45.6. The fraction of sp³-hybridized carbons (Fsp3) is 0.278. The number of ether oxygens (including phenoxy) is 2. The molecule has 156 valence electrons. The summed E-state index contributed by atoms with van der Waals surface area (Å²) in [5, 5.41) is 5.09. The number of benzene rings is 1. The number of pyridine rings is 1. The number of amides is 2. The maximum Gasteiger partial charge on any atom is 0.573 e. The number of carbonyl (C=O) groups excluding carboxylic acids is 2. The molecule has 0 radical (unpaired) electrons. The molecule has 2 rings (SSSR count). The molecule has 0 aliphatic carbocycles. The number of carbonyl (C=O) groups is 2. The van der Waals surface area contributed by atoms with E-state index in [-0.39, 0.29) is 47.6 Å². The lowest BCUT2D eigenvalue weighted by Crippen LogP contribution is -2.28. The molecule has 1 heterocycles. The zero-order valence-corrected chi connectivity index (χ0v) is 15.9. The van der Waals surface area contributed by atoms with E-state index in [9.17, 15) is 22.8 Å². The minimum atomic E-state index is -4.82. The summed E-state index contributed by atoms with van der Waals surface area (Å²) in [5.41, 5.74) is 0.290. The number of anilines is 1. The Morgan fingerprint density at radius 3 is 2.62 bits per heavy atom. The third-order valence-electron chi connectivity index (χ3n) is 3.39. The van der Waals surface area contributed by atoms with Gasteiger partial charge in [-0.3, -0.25) is 9.59 Å². The van der Waals surface area contributed by atoms with Crippen molar-refractivity contribution in [3.8, 4) is 11.5 Å². The molecule has 0 bridgehead atoms. The van der Waals surface area contributed by atoms with Crippen LogP contribution < -0.4 is 20.1 Å². The number of aromatic nitrogens is 1. The lowest BCUT2D eigenvalue weighted by atomic mass is 10.2. The van der Waals surface area contributed by atoms with E-state index in [1.807, 2.05) is 0 Å². The number of rotatable bonds is 8. The highest BCUT2D eigenvalue weighted by atomic mass is 35.5. The first kappa shape index (κ1) is 22.3. The van der Waals surface area contributed by atoms with Gasteiger partial charge in [-0.1, -0.05) is 18.5 Å². The second-order valence-corrected chi connectivity index (χ2v) is 5.98. The van der Waals surface area contributed by atoms with Crippen LogP contribution in [0.25, 0.3) is 0 Å². The van der Waals surface area contributed by atoms with Gasteiger partial charge in [0, 0.05) is 24.2 Å². The van der Waals surface area contributed by atoms with Crippen molar-refractivity contribution in [1.82, 2.24) is 10.3 Å². The molecule has 0 saturated heterocycles. The average molecular weight is 432 g/mol. The fourth-order valence-electron chi connectivity index (χ4n) is 2.09. The smallest absolute Gasteiger partial charge is 0.490 e. The summed E-state index contributed by atoms with van der Waals surface area (Å²) in [4.78, 5) is 27.5. The second-order valence-electron chi connectivity index (χ2n) is 5.58. The van der Waals surface area contributed by atoms with Gasteiger partial charge in [0.15, 0.2) is 0 Å². The molecule has 11 heteroatoms. The van der Waals surface area contributed by atoms with Crippen LogP contribution >= 0.6 is 11.6 Å². The van der Waals surface area contributed by atoms with Gasteiger partial charge in [-0.15, -0.1) is 13.2 Å².